The van der Waals surface area contributed by atoms with Gasteiger partial charge in [-0.1, -0.05) is 6.92 Å². The molecule has 0 bridgehead atoms. The number of nitrogens with two attached hydrogens (primary N) is 1. The first kappa shape index (κ1) is 9.47. The lowest BCUT2D eigenvalue weighted by molar-refractivity contribution is 0.625. The topological polar surface area (TPSA) is 26.0 Å². The van der Waals surface area contributed by atoms with Crippen LogP contribution in [0.25, 0.3) is 0 Å². The minimum Gasteiger partial charge on any atom is -0.398 e. The number of anilines is 1. The SMILES string of the molecule is CCC(P)c1cc(F)ccc1N. The lowest BCUT2D eigenvalue weighted by Crippen LogP contribution is -1.96. The summed E-state index contributed by atoms with van der Waals surface area (Å²) in [5.74, 6) is -0.222. The summed E-state index contributed by atoms with van der Waals surface area (Å²) in [5.41, 5.74) is 7.48. The maximum atomic E-state index is 12.8. The Bertz CT molecular complexity index is 275. The van der Waals surface area contributed by atoms with Crippen LogP contribution in [-0.4, -0.2) is 0 Å². The number of hydrogen-bond donors (Lipinski definition) is 1. The third-order valence-electron chi connectivity index (χ3n) is 1.89. The van der Waals surface area contributed by atoms with Crippen LogP contribution in [0.5, 0.6) is 0 Å². The van der Waals surface area contributed by atoms with Crippen LogP contribution < -0.4 is 5.73 Å². The second kappa shape index (κ2) is 3.86. The van der Waals surface area contributed by atoms with E-state index >= 15 is 0 Å². The van der Waals surface area contributed by atoms with E-state index in [1.807, 2.05) is 6.92 Å². The first-order chi connectivity index (χ1) is 5.65. The molecule has 2 N–H and O–H groups in total. The predicted octanol–water partition coefficient (Wildman–Crippen LogP) is 2.73. The fourth-order valence-electron chi connectivity index (χ4n) is 1.09. The van der Waals surface area contributed by atoms with Crippen molar-refractivity contribution in [2.45, 2.75) is 19.0 Å². The average Bonchev–Trinajstić information content (AvgIpc) is 2.08. The maximum absolute atomic E-state index is 12.8. The summed E-state index contributed by atoms with van der Waals surface area (Å²) in [6, 6.07) is 4.49. The molecule has 0 saturated carbocycles. The summed E-state index contributed by atoms with van der Waals surface area (Å²) < 4.78 is 12.8. The molecule has 0 aliphatic rings. The predicted molar refractivity (Wildman–Crippen MR) is 53.6 cm³/mol. The molecule has 1 nitrogen and oxygen atoms in total. The smallest absolute Gasteiger partial charge is 0.123 e. The number of nitrogen functional groups attached to an aromatic ring is 1. The van der Waals surface area contributed by atoms with Gasteiger partial charge < -0.3 is 5.73 Å². The van der Waals surface area contributed by atoms with Crippen LogP contribution in [0.2, 0.25) is 0 Å². The minimum atomic E-state index is -0.222. The van der Waals surface area contributed by atoms with Crippen LogP contribution in [0, 0.1) is 5.82 Å². The zero-order valence-electron chi connectivity index (χ0n) is 7.05. The van der Waals surface area contributed by atoms with Crippen molar-refractivity contribution < 1.29 is 4.39 Å². The number of hydrogen-bond acceptors (Lipinski definition) is 1. The second-order valence-electron chi connectivity index (χ2n) is 2.79. The van der Waals surface area contributed by atoms with Crippen LogP contribution in [0.15, 0.2) is 18.2 Å². The van der Waals surface area contributed by atoms with E-state index in [0.29, 0.717) is 5.69 Å². The van der Waals surface area contributed by atoms with Gasteiger partial charge in [0, 0.05) is 11.3 Å². The first-order valence-corrected chi connectivity index (χ1v) is 4.62. The molecule has 0 aliphatic carbocycles. The quantitative estimate of drug-likeness (QED) is 0.556. The van der Waals surface area contributed by atoms with Gasteiger partial charge in [0.2, 0.25) is 0 Å². The Morgan fingerprint density at radius 1 is 1.58 bits per heavy atom. The molecule has 0 fully saturated rings. The van der Waals surface area contributed by atoms with Crippen molar-refractivity contribution in [3.8, 4) is 0 Å². The molecule has 1 rings (SSSR count). The number of benzene rings is 1. The largest absolute Gasteiger partial charge is 0.398 e. The molecule has 12 heavy (non-hydrogen) atoms. The normalized spacial score (nSPS) is 12.9. The van der Waals surface area contributed by atoms with Crippen molar-refractivity contribution in [2.24, 2.45) is 0 Å². The molecule has 3 heteroatoms. The van der Waals surface area contributed by atoms with Crippen LogP contribution in [0.4, 0.5) is 10.1 Å². The number of halogens is 1. The van der Waals surface area contributed by atoms with E-state index in [0.717, 1.165) is 12.0 Å². The minimum absolute atomic E-state index is 0.222. The molecular formula is C9H13FNP. The van der Waals surface area contributed by atoms with Crippen LogP contribution in [-0.2, 0) is 0 Å². The van der Waals surface area contributed by atoms with Crippen molar-refractivity contribution in [2.75, 3.05) is 5.73 Å². The molecule has 2 atom stereocenters. The number of rotatable bonds is 2. The van der Waals surface area contributed by atoms with Crippen molar-refractivity contribution >= 4 is 14.9 Å². The van der Waals surface area contributed by atoms with E-state index in [1.165, 1.54) is 12.1 Å². The molecule has 0 spiro atoms. The van der Waals surface area contributed by atoms with Gasteiger partial charge >= 0.3 is 0 Å². The van der Waals surface area contributed by atoms with Gasteiger partial charge in [0.25, 0.3) is 0 Å². The van der Waals surface area contributed by atoms with Crippen LogP contribution in [0.1, 0.15) is 24.6 Å². The molecule has 1 aromatic carbocycles. The van der Waals surface area contributed by atoms with E-state index in [2.05, 4.69) is 9.24 Å². The van der Waals surface area contributed by atoms with Gasteiger partial charge in [-0.3, -0.25) is 0 Å². The lowest BCUT2D eigenvalue weighted by Gasteiger charge is -2.11. The molecular weight excluding hydrogens is 172 g/mol. The van der Waals surface area contributed by atoms with E-state index in [1.54, 1.807) is 6.07 Å². The van der Waals surface area contributed by atoms with Gasteiger partial charge in [0.05, 0.1) is 0 Å². The molecule has 1 aromatic rings. The molecule has 0 amide bonds. The summed E-state index contributed by atoms with van der Waals surface area (Å²) in [7, 11) is 2.66. The molecule has 0 aromatic heterocycles. The lowest BCUT2D eigenvalue weighted by atomic mass is 10.1. The third-order valence-corrected chi connectivity index (χ3v) is 2.72. The Morgan fingerprint density at radius 2 is 2.25 bits per heavy atom. The molecule has 0 radical (unpaired) electrons. The Hall–Kier alpha value is -0.620. The van der Waals surface area contributed by atoms with Gasteiger partial charge in [-0.2, -0.15) is 0 Å². The summed E-state index contributed by atoms with van der Waals surface area (Å²) in [6.45, 7) is 2.04. The van der Waals surface area contributed by atoms with Gasteiger partial charge in [0.1, 0.15) is 5.82 Å². The van der Waals surface area contributed by atoms with Crippen molar-refractivity contribution in [1.82, 2.24) is 0 Å². The van der Waals surface area contributed by atoms with Gasteiger partial charge in [-0.05, 0) is 30.2 Å². The molecule has 2 unspecified atom stereocenters. The monoisotopic (exact) mass is 185 g/mol. The highest BCUT2D eigenvalue weighted by Crippen LogP contribution is 2.30. The molecule has 0 heterocycles. The van der Waals surface area contributed by atoms with E-state index in [4.69, 9.17) is 5.73 Å². The van der Waals surface area contributed by atoms with Crippen LogP contribution >= 0.6 is 9.24 Å². The first-order valence-electron chi connectivity index (χ1n) is 3.95. The Kier molecular flexibility index (Phi) is 3.05. The maximum Gasteiger partial charge on any atom is 0.123 e. The van der Waals surface area contributed by atoms with Gasteiger partial charge in [-0.15, -0.1) is 9.24 Å². The van der Waals surface area contributed by atoms with E-state index < -0.39 is 0 Å². The average molecular weight is 185 g/mol. The van der Waals surface area contributed by atoms with Crippen molar-refractivity contribution in [1.29, 1.82) is 0 Å². The van der Waals surface area contributed by atoms with E-state index in [9.17, 15) is 4.39 Å². The highest BCUT2D eigenvalue weighted by Gasteiger charge is 2.07. The summed E-state index contributed by atoms with van der Waals surface area (Å²) >= 11 is 0. The van der Waals surface area contributed by atoms with Gasteiger partial charge in [-0.25, -0.2) is 4.39 Å². The van der Waals surface area contributed by atoms with E-state index in [-0.39, 0.29) is 11.5 Å². The standard InChI is InChI=1S/C9H13FNP/c1-2-9(12)7-5-6(10)3-4-8(7)11/h3-5,9H,2,11-12H2,1H3. The molecule has 0 aliphatic heterocycles. The Labute approximate surface area is 74.4 Å². The Balaban J connectivity index is 3.04. The highest BCUT2D eigenvalue weighted by atomic mass is 31.0. The fraction of sp³-hybridized carbons (Fsp3) is 0.333. The zero-order chi connectivity index (χ0) is 9.14. The fourth-order valence-corrected chi connectivity index (χ4v) is 1.38. The van der Waals surface area contributed by atoms with Crippen molar-refractivity contribution in [3.63, 3.8) is 0 Å². The molecule has 0 saturated heterocycles. The highest BCUT2D eigenvalue weighted by molar-refractivity contribution is 7.17. The van der Waals surface area contributed by atoms with Crippen LogP contribution in [0.3, 0.4) is 0 Å². The Morgan fingerprint density at radius 3 is 2.83 bits per heavy atom. The van der Waals surface area contributed by atoms with Gasteiger partial charge in [0.15, 0.2) is 0 Å². The third kappa shape index (κ3) is 1.95. The summed E-state index contributed by atoms with van der Waals surface area (Å²) in [4.78, 5) is 0. The zero-order valence-corrected chi connectivity index (χ0v) is 8.20. The summed E-state index contributed by atoms with van der Waals surface area (Å²) in [6.07, 6.45) is 0.943. The molecule has 66 valence electrons. The van der Waals surface area contributed by atoms with Crippen molar-refractivity contribution in [3.05, 3.63) is 29.6 Å². The summed E-state index contributed by atoms with van der Waals surface area (Å²) in [5, 5.41) is 0. The second-order valence-corrected chi connectivity index (χ2v) is 3.59.